The smallest absolute Gasteiger partial charge is 0.138 e. The van der Waals surface area contributed by atoms with E-state index < -0.39 is 0 Å². The molecule has 20 heavy (non-hydrogen) atoms. The Morgan fingerprint density at radius 1 is 1.45 bits per heavy atom. The fourth-order valence-corrected chi connectivity index (χ4v) is 3.90. The number of rotatable bonds is 4. The van der Waals surface area contributed by atoms with Crippen molar-refractivity contribution in [3.63, 3.8) is 0 Å². The maximum Gasteiger partial charge on any atom is 0.138 e. The van der Waals surface area contributed by atoms with E-state index in [1.807, 2.05) is 25.1 Å². The molecule has 1 N–H and O–H groups in total. The molecule has 3 rings (SSSR count). The van der Waals surface area contributed by atoms with Crippen molar-refractivity contribution in [3.8, 4) is 5.75 Å². The Balaban J connectivity index is 1.73. The molecule has 0 aromatic heterocycles. The Morgan fingerprint density at radius 2 is 2.25 bits per heavy atom. The van der Waals surface area contributed by atoms with E-state index in [1.54, 1.807) is 0 Å². The van der Waals surface area contributed by atoms with Crippen LogP contribution in [0.3, 0.4) is 0 Å². The van der Waals surface area contributed by atoms with Gasteiger partial charge >= 0.3 is 0 Å². The first-order valence-electron chi connectivity index (χ1n) is 7.34. The highest BCUT2D eigenvalue weighted by atomic mass is 35.5. The van der Waals surface area contributed by atoms with E-state index in [2.05, 4.69) is 19.2 Å². The summed E-state index contributed by atoms with van der Waals surface area (Å²) in [5.74, 6) is 1.37. The minimum Gasteiger partial charge on any atom is -0.492 e. The summed E-state index contributed by atoms with van der Waals surface area (Å²) in [6, 6.07) is 6.37. The Kier molecular flexibility index (Phi) is 3.59. The molecule has 3 atom stereocenters. The number of fused-ring (bicyclic) bond motifs is 1. The number of halogens is 1. The van der Waals surface area contributed by atoms with E-state index in [9.17, 15) is 0 Å². The third kappa shape index (κ3) is 2.17. The number of hydrogen-bond acceptors (Lipinski definition) is 3. The molecule has 1 aromatic rings. The van der Waals surface area contributed by atoms with Crippen molar-refractivity contribution < 1.29 is 9.47 Å². The quantitative estimate of drug-likeness (QED) is 0.912. The molecule has 3 unspecified atom stereocenters. The standard InChI is InChI=1S/C16H22ClNO2/c1-4-19-13-6-5-10(9-12(13)17)18-14-11-7-8-20-15(11)16(14,2)3/h5-6,9,11,14-15,18H,4,7-8H2,1-3H3. The topological polar surface area (TPSA) is 30.5 Å². The number of ether oxygens (including phenoxy) is 2. The van der Waals surface area contributed by atoms with Crippen molar-refractivity contribution in [2.24, 2.45) is 11.3 Å². The highest BCUT2D eigenvalue weighted by Crippen LogP contribution is 2.53. The van der Waals surface area contributed by atoms with Gasteiger partial charge in [-0.15, -0.1) is 0 Å². The van der Waals surface area contributed by atoms with Crippen LogP contribution in [0.4, 0.5) is 5.69 Å². The van der Waals surface area contributed by atoms with Gasteiger partial charge in [0.2, 0.25) is 0 Å². The van der Waals surface area contributed by atoms with Crippen molar-refractivity contribution in [1.29, 1.82) is 0 Å². The molecule has 0 amide bonds. The van der Waals surface area contributed by atoms with Gasteiger partial charge in [0.1, 0.15) is 5.75 Å². The molecule has 1 aromatic carbocycles. The summed E-state index contributed by atoms with van der Waals surface area (Å²) in [7, 11) is 0. The Morgan fingerprint density at radius 3 is 2.95 bits per heavy atom. The molecular formula is C16H22ClNO2. The lowest BCUT2D eigenvalue weighted by molar-refractivity contribution is -0.0923. The van der Waals surface area contributed by atoms with Gasteiger partial charge in [0.15, 0.2) is 0 Å². The summed E-state index contributed by atoms with van der Waals surface area (Å²) >= 11 is 6.25. The van der Waals surface area contributed by atoms with Crippen LogP contribution in [0.25, 0.3) is 0 Å². The van der Waals surface area contributed by atoms with Gasteiger partial charge < -0.3 is 14.8 Å². The third-order valence-electron chi connectivity index (χ3n) is 4.65. The predicted molar refractivity (Wildman–Crippen MR) is 81.7 cm³/mol. The largest absolute Gasteiger partial charge is 0.492 e. The van der Waals surface area contributed by atoms with Gasteiger partial charge in [-0.25, -0.2) is 0 Å². The molecule has 1 saturated heterocycles. The number of nitrogens with one attached hydrogen (secondary N) is 1. The molecule has 0 radical (unpaired) electrons. The monoisotopic (exact) mass is 295 g/mol. The van der Waals surface area contributed by atoms with Crippen LogP contribution in [-0.2, 0) is 4.74 Å². The predicted octanol–water partition coefficient (Wildman–Crippen LogP) is 3.96. The van der Waals surface area contributed by atoms with Gasteiger partial charge in [-0.2, -0.15) is 0 Å². The van der Waals surface area contributed by atoms with Crippen LogP contribution in [0, 0.1) is 11.3 Å². The number of anilines is 1. The van der Waals surface area contributed by atoms with Crippen LogP contribution >= 0.6 is 11.6 Å². The van der Waals surface area contributed by atoms with E-state index in [1.165, 1.54) is 0 Å². The van der Waals surface area contributed by atoms with Crippen LogP contribution in [0.2, 0.25) is 5.02 Å². The molecule has 1 aliphatic heterocycles. The van der Waals surface area contributed by atoms with Crippen LogP contribution < -0.4 is 10.1 Å². The van der Waals surface area contributed by atoms with Crippen LogP contribution in [0.5, 0.6) is 5.75 Å². The van der Waals surface area contributed by atoms with E-state index in [-0.39, 0.29) is 5.41 Å². The molecule has 0 spiro atoms. The minimum atomic E-state index is 0.173. The molecule has 1 saturated carbocycles. The Labute approximate surface area is 125 Å². The Hall–Kier alpha value is -0.930. The first-order chi connectivity index (χ1) is 9.54. The summed E-state index contributed by atoms with van der Waals surface area (Å²) in [6.07, 6.45) is 1.55. The molecule has 3 nitrogen and oxygen atoms in total. The summed E-state index contributed by atoms with van der Waals surface area (Å²) in [5.41, 5.74) is 1.23. The zero-order valence-electron chi connectivity index (χ0n) is 12.3. The average molecular weight is 296 g/mol. The summed E-state index contributed by atoms with van der Waals surface area (Å²) in [6.45, 7) is 8.02. The number of benzene rings is 1. The molecule has 0 bridgehead atoms. The van der Waals surface area contributed by atoms with Crippen molar-refractivity contribution >= 4 is 17.3 Å². The maximum absolute atomic E-state index is 6.25. The van der Waals surface area contributed by atoms with Crippen LogP contribution in [0.15, 0.2) is 18.2 Å². The van der Waals surface area contributed by atoms with Gasteiger partial charge in [0, 0.05) is 29.7 Å². The fourth-order valence-electron chi connectivity index (χ4n) is 3.66. The third-order valence-corrected chi connectivity index (χ3v) is 4.95. The van der Waals surface area contributed by atoms with E-state index in [4.69, 9.17) is 21.1 Å². The van der Waals surface area contributed by atoms with Crippen LogP contribution in [0.1, 0.15) is 27.2 Å². The van der Waals surface area contributed by atoms with Gasteiger partial charge in [-0.1, -0.05) is 25.4 Å². The van der Waals surface area contributed by atoms with Crippen molar-refractivity contribution in [2.45, 2.75) is 39.3 Å². The summed E-state index contributed by atoms with van der Waals surface area (Å²) < 4.78 is 11.3. The molecule has 4 heteroatoms. The average Bonchev–Trinajstić information content (AvgIpc) is 2.86. The van der Waals surface area contributed by atoms with Crippen molar-refractivity contribution in [1.82, 2.24) is 0 Å². The zero-order valence-corrected chi connectivity index (χ0v) is 13.0. The van der Waals surface area contributed by atoms with Crippen molar-refractivity contribution in [3.05, 3.63) is 23.2 Å². The zero-order chi connectivity index (χ0) is 14.3. The summed E-state index contributed by atoms with van der Waals surface area (Å²) in [5, 5.41) is 4.29. The second-order valence-electron chi connectivity index (χ2n) is 6.27. The van der Waals surface area contributed by atoms with Gasteiger partial charge in [0.05, 0.1) is 17.7 Å². The molecule has 2 aliphatic rings. The lowest BCUT2D eigenvalue weighted by atomic mass is 9.57. The van der Waals surface area contributed by atoms with Crippen LogP contribution in [-0.4, -0.2) is 25.4 Å². The second-order valence-corrected chi connectivity index (χ2v) is 6.67. The Bertz CT molecular complexity index is 503. The van der Waals surface area contributed by atoms with Gasteiger partial charge in [0.25, 0.3) is 0 Å². The molecule has 1 heterocycles. The molecular weight excluding hydrogens is 274 g/mol. The lowest BCUT2D eigenvalue weighted by Crippen LogP contribution is -2.63. The van der Waals surface area contributed by atoms with Crippen molar-refractivity contribution in [2.75, 3.05) is 18.5 Å². The number of hydrogen-bond donors (Lipinski definition) is 1. The summed E-state index contributed by atoms with van der Waals surface area (Å²) in [4.78, 5) is 0. The second kappa shape index (κ2) is 5.12. The maximum atomic E-state index is 6.25. The minimum absolute atomic E-state index is 0.173. The SMILES string of the molecule is CCOc1ccc(NC2C3CCOC3C2(C)C)cc1Cl. The first-order valence-corrected chi connectivity index (χ1v) is 7.72. The highest BCUT2D eigenvalue weighted by Gasteiger charge is 2.59. The molecule has 110 valence electrons. The van der Waals surface area contributed by atoms with Gasteiger partial charge in [-0.3, -0.25) is 0 Å². The lowest BCUT2D eigenvalue weighted by Gasteiger charge is -2.55. The molecule has 2 fully saturated rings. The first kappa shape index (κ1) is 14.0. The van der Waals surface area contributed by atoms with Gasteiger partial charge in [-0.05, 0) is 31.5 Å². The van der Waals surface area contributed by atoms with E-state index >= 15 is 0 Å². The van der Waals surface area contributed by atoms with E-state index in [0.717, 1.165) is 24.5 Å². The fraction of sp³-hybridized carbons (Fsp3) is 0.625. The normalized spacial score (nSPS) is 30.5. The molecule has 1 aliphatic carbocycles. The highest BCUT2D eigenvalue weighted by molar-refractivity contribution is 6.32. The van der Waals surface area contributed by atoms with E-state index in [0.29, 0.717) is 29.7 Å².